The van der Waals surface area contributed by atoms with E-state index >= 15 is 0 Å². The van der Waals surface area contributed by atoms with Gasteiger partial charge in [0.05, 0.1) is 25.1 Å². The van der Waals surface area contributed by atoms with E-state index in [4.69, 9.17) is 9.47 Å². The highest BCUT2D eigenvalue weighted by Crippen LogP contribution is 2.31. The molecular formula is C24H27N5O5. The number of H-pyrrole nitrogens is 1. The van der Waals surface area contributed by atoms with Crippen molar-refractivity contribution < 1.29 is 24.2 Å². The van der Waals surface area contributed by atoms with E-state index in [9.17, 15) is 14.7 Å². The summed E-state index contributed by atoms with van der Waals surface area (Å²) in [5, 5.41) is 22.0. The minimum absolute atomic E-state index is 0.207. The van der Waals surface area contributed by atoms with Gasteiger partial charge in [-0.3, -0.25) is 9.89 Å². The highest BCUT2D eigenvalue weighted by atomic mass is 16.5. The predicted molar refractivity (Wildman–Crippen MR) is 126 cm³/mol. The SMILES string of the molecule is COc1cccc(CNC(=O)Nc2ccc(-c3cn[nH]c3)cc2OCC(=O)N2CCC(O)C2)c1. The second-order valence-corrected chi connectivity index (χ2v) is 7.93. The number of aromatic amines is 1. The molecule has 1 atom stereocenters. The number of nitrogens with one attached hydrogen (secondary N) is 3. The molecule has 1 aliphatic rings. The number of methoxy groups -OCH3 is 1. The molecule has 1 unspecified atom stereocenters. The summed E-state index contributed by atoms with van der Waals surface area (Å²) in [6.07, 6.45) is 3.47. The van der Waals surface area contributed by atoms with Crippen molar-refractivity contribution in [1.82, 2.24) is 20.4 Å². The van der Waals surface area contributed by atoms with Crippen molar-refractivity contribution in [3.05, 3.63) is 60.4 Å². The number of ether oxygens (including phenoxy) is 2. The number of rotatable bonds is 8. The van der Waals surface area contributed by atoms with Gasteiger partial charge in [0.1, 0.15) is 11.5 Å². The number of aromatic nitrogens is 2. The van der Waals surface area contributed by atoms with Gasteiger partial charge in [0.2, 0.25) is 0 Å². The quantitative estimate of drug-likeness (QED) is 0.404. The van der Waals surface area contributed by atoms with Gasteiger partial charge in [-0.15, -0.1) is 0 Å². The Labute approximate surface area is 196 Å². The van der Waals surface area contributed by atoms with Crippen molar-refractivity contribution in [3.8, 4) is 22.6 Å². The molecule has 0 saturated carbocycles. The lowest BCUT2D eigenvalue weighted by Gasteiger charge is -2.18. The van der Waals surface area contributed by atoms with Gasteiger partial charge in [0.15, 0.2) is 6.61 Å². The van der Waals surface area contributed by atoms with Crippen LogP contribution in [0.25, 0.3) is 11.1 Å². The number of hydrogen-bond donors (Lipinski definition) is 4. The second kappa shape index (κ2) is 10.7. The zero-order valence-corrected chi connectivity index (χ0v) is 18.8. The number of nitrogens with zero attached hydrogens (tertiary/aromatic N) is 2. The molecule has 0 radical (unpaired) electrons. The third-order valence-electron chi connectivity index (χ3n) is 5.52. The van der Waals surface area contributed by atoms with Crippen LogP contribution in [-0.4, -0.2) is 65.1 Å². The van der Waals surface area contributed by atoms with Gasteiger partial charge in [-0.25, -0.2) is 4.79 Å². The first kappa shape index (κ1) is 23.1. The van der Waals surface area contributed by atoms with Crippen LogP contribution in [0.1, 0.15) is 12.0 Å². The maximum absolute atomic E-state index is 12.6. The Balaban J connectivity index is 1.44. The van der Waals surface area contributed by atoms with Crippen LogP contribution in [0, 0.1) is 0 Å². The van der Waals surface area contributed by atoms with E-state index in [0.717, 1.165) is 16.7 Å². The fourth-order valence-electron chi connectivity index (χ4n) is 3.66. The van der Waals surface area contributed by atoms with Crippen LogP contribution < -0.4 is 20.1 Å². The average molecular weight is 466 g/mol. The summed E-state index contributed by atoms with van der Waals surface area (Å²) >= 11 is 0. The molecule has 3 amide bonds. The molecule has 34 heavy (non-hydrogen) atoms. The number of amides is 3. The number of benzene rings is 2. The van der Waals surface area contributed by atoms with E-state index in [1.165, 1.54) is 0 Å². The van der Waals surface area contributed by atoms with Crippen LogP contribution in [-0.2, 0) is 11.3 Å². The first-order valence-corrected chi connectivity index (χ1v) is 10.9. The number of aliphatic hydroxyl groups is 1. The Morgan fingerprint density at radius 2 is 2.12 bits per heavy atom. The summed E-state index contributed by atoms with van der Waals surface area (Å²) in [4.78, 5) is 26.6. The van der Waals surface area contributed by atoms with Crippen molar-refractivity contribution in [2.24, 2.45) is 0 Å². The molecule has 1 aliphatic heterocycles. The molecule has 4 N–H and O–H groups in total. The molecule has 0 aliphatic carbocycles. The van der Waals surface area contributed by atoms with Crippen molar-refractivity contribution >= 4 is 17.6 Å². The largest absolute Gasteiger partial charge is 0.497 e. The topological polar surface area (TPSA) is 129 Å². The molecule has 10 nitrogen and oxygen atoms in total. The Bertz CT molecular complexity index is 1130. The average Bonchev–Trinajstić information content (AvgIpc) is 3.54. The third kappa shape index (κ3) is 5.84. The molecule has 1 aromatic heterocycles. The highest BCUT2D eigenvalue weighted by Gasteiger charge is 2.25. The molecule has 10 heteroatoms. The van der Waals surface area contributed by atoms with Gasteiger partial charge in [0.25, 0.3) is 5.91 Å². The zero-order valence-electron chi connectivity index (χ0n) is 18.8. The summed E-state index contributed by atoms with van der Waals surface area (Å²) in [7, 11) is 1.59. The highest BCUT2D eigenvalue weighted by molar-refractivity contribution is 5.91. The van der Waals surface area contributed by atoms with Gasteiger partial charge >= 0.3 is 6.03 Å². The molecule has 2 heterocycles. The first-order chi connectivity index (χ1) is 16.5. The van der Waals surface area contributed by atoms with Gasteiger partial charge in [-0.05, 0) is 41.8 Å². The van der Waals surface area contributed by atoms with E-state index in [1.54, 1.807) is 36.5 Å². The number of aliphatic hydroxyl groups excluding tert-OH is 1. The fraction of sp³-hybridized carbons (Fsp3) is 0.292. The maximum Gasteiger partial charge on any atom is 0.319 e. The number of β-amino-alcohol motifs (C(OH)–C–C–N with tert-alkyl or cyclic N) is 1. The Morgan fingerprint density at radius 1 is 1.24 bits per heavy atom. The normalized spacial score (nSPS) is 15.1. The lowest BCUT2D eigenvalue weighted by Crippen LogP contribution is -2.34. The summed E-state index contributed by atoms with van der Waals surface area (Å²) in [5.74, 6) is 0.836. The van der Waals surface area contributed by atoms with Crippen LogP contribution in [0.4, 0.5) is 10.5 Å². The lowest BCUT2D eigenvalue weighted by molar-refractivity contribution is -0.132. The number of carbonyl (C=O) groups is 2. The smallest absolute Gasteiger partial charge is 0.319 e. The minimum Gasteiger partial charge on any atom is -0.497 e. The molecular weight excluding hydrogens is 438 g/mol. The predicted octanol–water partition coefficient (Wildman–Crippen LogP) is 2.38. The van der Waals surface area contributed by atoms with Gasteiger partial charge in [0, 0.05) is 31.4 Å². The third-order valence-corrected chi connectivity index (χ3v) is 5.52. The van der Waals surface area contributed by atoms with Gasteiger partial charge < -0.3 is 30.1 Å². The molecule has 2 aromatic carbocycles. The van der Waals surface area contributed by atoms with Crippen LogP contribution >= 0.6 is 0 Å². The summed E-state index contributed by atoms with van der Waals surface area (Å²) in [6.45, 7) is 0.898. The van der Waals surface area contributed by atoms with Crippen LogP contribution in [0.5, 0.6) is 11.5 Å². The summed E-state index contributed by atoms with van der Waals surface area (Å²) < 4.78 is 11.0. The fourth-order valence-corrected chi connectivity index (χ4v) is 3.66. The van der Waals surface area contributed by atoms with Crippen molar-refractivity contribution in [2.45, 2.75) is 19.1 Å². The zero-order chi connectivity index (χ0) is 23.9. The van der Waals surface area contributed by atoms with E-state index in [1.807, 2.05) is 30.3 Å². The molecule has 1 fully saturated rings. The van der Waals surface area contributed by atoms with Crippen molar-refractivity contribution in [1.29, 1.82) is 0 Å². The van der Waals surface area contributed by atoms with Crippen LogP contribution in [0.3, 0.4) is 0 Å². The number of urea groups is 1. The van der Waals surface area contributed by atoms with E-state index in [2.05, 4.69) is 20.8 Å². The Hall–Kier alpha value is -4.05. The Kier molecular flexibility index (Phi) is 7.28. The molecule has 178 valence electrons. The van der Waals surface area contributed by atoms with Gasteiger partial charge in [-0.2, -0.15) is 5.10 Å². The number of hydrogen-bond acceptors (Lipinski definition) is 6. The van der Waals surface area contributed by atoms with Crippen LogP contribution in [0.15, 0.2) is 54.9 Å². The van der Waals surface area contributed by atoms with Gasteiger partial charge in [-0.1, -0.05) is 18.2 Å². The lowest BCUT2D eigenvalue weighted by atomic mass is 10.1. The van der Waals surface area contributed by atoms with Crippen LogP contribution in [0.2, 0.25) is 0 Å². The van der Waals surface area contributed by atoms with E-state index in [-0.39, 0.29) is 12.5 Å². The number of likely N-dealkylation sites (tertiary alicyclic amines) is 1. The minimum atomic E-state index is -0.501. The maximum atomic E-state index is 12.6. The monoisotopic (exact) mass is 465 g/mol. The van der Waals surface area contributed by atoms with Crippen molar-refractivity contribution in [2.75, 3.05) is 32.1 Å². The molecule has 0 spiro atoms. The first-order valence-electron chi connectivity index (χ1n) is 10.9. The van der Waals surface area contributed by atoms with E-state index in [0.29, 0.717) is 43.2 Å². The molecule has 3 aromatic rings. The summed E-state index contributed by atoms with van der Waals surface area (Å²) in [5.41, 5.74) is 2.97. The number of carbonyl (C=O) groups excluding carboxylic acids is 2. The summed E-state index contributed by atoms with van der Waals surface area (Å²) in [6, 6.07) is 12.3. The molecule has 4 rings (SSSR count). The Morgan fingerprint density at radius 3 is 2.85 bits per heavy atom. The molecule has 0 bridgehead atoms. The molecule has 1 saturated heterocycles. The van der Waals surface area contributed by atoms with E-state index < -0.39 is 12.1 Å². The second-order valence-electron chi connectivity index (χ2n) is 7.93. The standard InChI is InChI=1S/C24H27N5O5/c1-33-20-4-2-3-16(9-20)11-25-24(32)28-21-6-5-17(18-12-26-27-13-18)10-22(21)34-15-23(31)29-8-7-19(30)14-29/h2-6,9-10,12-13,19,30H,7-8,11,14-15H2,1H3,(H,26,27)(H2,25,28,32). The van der Waals surface area contributed by atoms with Crippen molar-refractivity contribution in [3.63, 3.8) is 0 Å². The number of anilines is 1.